The molecule has 2 N–H and O–H groups in total. The second kappa shape index (κ2) is 8.13. The van der Waals surface area contributed by atoms with Crippen molar-refractivity contribution >= 4 is 0 Å². The quantitative estimate of drug-likeness (QED) is 0.823. The molecule has 27 heavy (non-hydrogen) atoms. The Morgan fingerprint density at radius 3 is 2.67 bits per heavy atom. The second-order valence-corrected chi connectivity index (χ2v) is 8.19. The van der Waals surface area contributed by atoms with Gasteiger partial charge >= 0.3 is 0 Å². The van der Waals surface area contributed by atoms with E-state index in [2.05, 4.69) is 71.2 Å². The predicted octanol–water partition coefficient (Wildman–Crippen LogP) is 3.19. The summed E-state index contributed by atoms with van der Waals surface area (Å²) in [5.74, 6) is 1.45. The fraction of sp³-hybridized carbons (Fsp3) is 0.591. The van der Waals surface area contributed by atoms with Crippen LogP contribution in [0, 0.1) is 11.8 Å². The summed E-state index contributed by atoms with van der Waals surface area (Å²) in [4.78, 5) is 2.63. The summed E-state index contributed by atoms with van der Waals surface area (Å²) in [5.41, 5.74) is 11.1. The largest absolute Gasteiger partial charge is 0.298 e. The van der Waals surface area contributed by atoms with Crippen LogP contribution in [0.3, 0.4) is 0 Å². The molecule has 0 radical (unpaired) electrons. The Bertz CT molecular complexity index is 736. The zero-order valence-electron chi connectivity index (χ0n) is 16.9. The molecule has 0 aliphatic carbocycles. The van der Waals surface area contributed by atoms with E-state index in [1.165, 1.54) is 36.1 Å². The molecular weight excluding hydrogens is 334 g/mol. The minimum Gasteiger partial charge on any atom is -0.298 e. The van der Waals surface area contributed by atoms with Crippen LogP contribution in [-0.4, -0.2) is 39.9 Å². The van der Waals surface area contributed by atoms with Crippen molar-refractivity contribution in [3.63, 3.8) is 0 Å². The van der Waals surface area contributed by atoms with Crippen molar-refractivity contribution in [2.24, 2.45) is 18.9 Å². The van der Waals surface area contributed by atoms with Crippen molar-refractivity contribution in [2.75, 3.05) is 13.1 Å². The first-order chi connectivity index (χ1) is 13.2. The predicted molar refractivity (Wildman–Crippen MR) is 110 cm³/mol. The summed E-state index contributed by atoms with van der Waals surface area (Å²) in [7, 11) is 2.05. The lowest BCUT2D eigenvalue weighted by atomic mass is 9.80. The number of hydrogen-bond acceptors (Lipinski definition) is 4. The second-order valence-electron chi connectivity index (χ2n) is 8.19. The minimum absolute atomic E-state index is 0.593. The van der Waals surface area contributed by atoms with Gasteiger partial charge in [-0.3, -0.25) is 20.4 Å². The number of fused-ring (bicyclic) bond motifs is 1. The van der Waals surface area contributed by atoms with Gasteiger partial charge in [0.1, 0.15) is 0 Å². The third-order valence-corrected chi connectivity index (χ3v) is 6.65. The number of benzene rings is 1. The van der Waals surface area contributed by atoms with Crippen molar-refractivity contribution in [2.45, 2.75) is 51.7 Å². The number of hydrogen-bond donors (Lipinski definition) is 2. The first-order valence-electron chi connectivity index (χ1n) is 10.5. The monoisotopic (exact) mass is 367 g/mol. The Labute approximate surface area is 163 Å². The van der Waals surface area contributed by atoms with E-state index >= 15 is 0 Å². The van der Waals surface area contributed by atoms with E-state index in [1.54, 1.807) is 0 Å². The summed E-state index contributed by atoms with van der Waals surface area (Å²) in [6.45, 7) is 7.94. The maximum absolute atomic E-state index is 4.56. The average molecular weight is 368 g/mol. The lowest BCUT2D eigenvalue weighted by molar-refractivity contribution is 0.133. The van der Waals surface area contributed by atoms with E-state index in [0.29, 0.717) is 18.0 Å². The molecule has 2 fully saturated rings. The summed E-state index contributed by atoms with van der Waals surface area (Å²) in [5, 5.41) is 4.56. The molecule has 3 heterocycles. The number of rotatable bonds is 6. The zero-order valence-corrected chi connectivity index (χ0v) is 16.9. The molecule has 2 saturated heterocycles. The van der Waals surface area contributed by atoms with Crippen LogP contribution in [0.1, 0.15) is 38.7 Å². The number of hydrazine groups is 1. The van der Waals surface area contributed by atoms with E-state index in [1.807, 2.05) is 11.7 Å². The minimum atomic E-state index is 0.593. The smallest absolute Gasteiger partial charge is 0.0723 e. The maximum atomic E-state index is 4.56. The van der Waals surface area contributed by atoms with Crippen LogP contribution < -0.4 is 10.9 Å². The molecule has 1 aromatic heterocycles. The first-order valence-corrected chi connectivity index (χ1v) is 10.5. The molecular formula is C22H33N5. The fourth-order valence-electron chi connectivity index (χ4n) is 5.12. The van der Waals surface area contributed by atoms with Gasteiger partial charge < -0.3 is 0 Å². The topological polar surface area (TPSA) is 45.1 Å². The van der Waals surface area contributed by atoms with Gasteiger partial charge in [0, 0.05) is 55.8 Å². The van der Waals surface area contributed by atoms with Crippen LogP contribution in [-0.2, 0) is 13.6 Å². The highest BCUT2D eigenvalue weighted by Crippen LogP contribution is 2.32. The molecule has 2 aliphatic rings. The Hall–Kier alpha value is -1.69. The number of nitrogens with one attached hydrogen (secondary N) is 2. The number of aryl methyl sites for hydroxylation is 1. The van der Waals surface area contributed by atoms with Crippen LogP contribution >= 0.6 is 0 Å². The fourth-order valence-corrected chi connectivity index (χ4v) is 5.12. The molecule has 3 atom stereocenters. The highest BCUT2D eigenvalue weighted by atomic mass is 15.4. The summed E-state index contributed by atoms with van der Waals surface area (Å²) >= 11 is 0. The molecule has 2 aliphatic heterocycles. The molecule has 0 saturated carbocycles. The van der Waals surface area contributed by atoms with Crippen molar-refractivity contribution in [1.82, 2.24) is 25.5 Å². The molecule has 146 valence electrons. The standard InChI is InChI=1S/C22H33N5/c1-4-16(5-2)21-19-15-27(12-11-20(19)24-25-21)14-18-13-23-26(3)22(18)17-9-7-6-8-10-17/h6-10,13,16,19-21,24-25H,4-5,11-12,14-15H2,1-3H3. The third kappa shape index (κ3) is 3.68. The number of likely N-dealkylation sites (tertiary alicyclic amines) is 1. The molecule has 0 amide bonds. The zero-order chi connectivity index (χ0) is 18.8. The van der Waals surface area contributed by atoms with E-state index in [9.17, 15) is 0 Å². The molecule has 3 unspecified atom stereocenters. The Kier molecular flexibility index (Phi) is 5.62. The van der Waals surface area contributed by atoms with Gasteiger partial charge in [0.25, 0.3) is 0 Å². The summed E-state index contributed by atoms with van der Waals surface area (Å²) < 4.78 is 2.02. The van der Waals surface area contributed by atoms with Crippen LogP contribution in [0.25, 0.3) is 11.3 Å². The molecule has 5 heteroatoms. The number of piperidine rings is 1. The van der Waals surface area contributed by atoms with Crippen molar-refractivity contribution in [1.29, 1.82) is 0 Å². The lowest BCUT2D eigenvalue weighted by Gasteiger charge is -2.37. The maximum Gasteiger partial charge on any atom is 0.0723 e. The van der Waals surface area contributed by atoms with E-state index in [4.69, 9.17) is 0 Å². The van der Waals surface area contributed by atoms with Gasteiger partial charge in [-0.25, -0.2) is 0 Å². The molecule has 1 aromatic carbocycles. The van der Waals surface area contributed by atoms with E-state index < -0.39 is 0 Å². The molecule has 4 rings (SSSR count). The Morgan fingerprint density at radius 2 is 1.93 bits per heavy atom. The SMILES string of the molecule is CCC(CC)C1NNC2CCN(Cc3cnn(C)c3-c3ccccc3)CC21. The summed E-state index contributed by atoms with van der Waals surface area (Å²) in [6.07, 6.45) is 5.77. The van der Waals surface area contributed by atoms with Gasteiger partial charge in [-0.1, -0.05) is 57.0 Å². The van der Waals surface area contributed by atoms with E-state index in [-0.39, 0.29) is 0 Å². The Balaban J connectivity index is 1.50. The first kappa shape index (κ1) is 18.7. The van der Waals surface area contributed by atoms with Gasteiger partial charge in [-0.05, 0) is 12.3 Å². The molecule has 5 nitrogen and oxygen atoms in total. The highest BCUT2D eigenvalue weighted by Gasteiger charge is 2.42. The van der Waals surface area contributed by atoms with Gasteiger partial charge in [0.15, 0.2) is 0 Å². The van der Waals surface area contributed by atoms with Crippen molar-refractivity contribution < 1.29 is 0 Å². The van der Waals surface area contributed by atoms with Crippen molar-refractivity contribution in [3.05, 3.63) is 42.1 Å². The van der Waals surface area contributed by atoms with E-state index in [0.717, 1.165) is 25.6 Å². The molecule has 0 spiro atoms. The van der Waals surface area contributed by atoms with Crippen molar-refractivity contribution in [3.8, 4) is 11.3 Å². The van der Waals surface area contributed by atoms with Crippen LogP contribution in [0.5, 0.6) is 0 Å². The Morgan fingerprint density at radius 1 is 1.15 bits per heavy atom. The van der Waals surface area contributed by atoms with Gasteiger partial charge in [-0.2, -0.15) is 5.10 Å². The van der Waals surface area contributed by atoms with Crippen LogP contribution in [0.2, 0.25) is 0 Å². The third-order valence-electron chi connectivity index (χ3n) is 6.65. The summed E-state index contributed by atoms with van der Waals surface area (Å²) in [6, 6.07) is 11.9. The average Bonchev–Trinajstić information content (AvgIpc) is 3.27. The molecule has 0 bridgehead atoms. The highest BCUT2D eigenvalue weighted by molar-refractivity contribution is 5.63. The van der Waals surface area contributed by atoms with Gasteiger partial charge in [0.2, 0.25) is 0 Å². The van der Waals surface area contributed by atoms with Crippen LogP contribution in [0.15, 0.2) is 36.5 Å². The van der Waals surface area contributed by atoms with Gasteiger partial charge in [-0.15, -0.1) is 0 Å². The van der Waals surface area contributed by atoms with Gasteiger partial charge in [0.05, 0.1) is 11.9 Å². The normalized spacial score (nSPS) is 25.9. The number of nitrogens with zero attached hydrogens (tertiary/aromatic N) is 3. The number of aromatic nitrogens is 2. The lowest BCUT2D eigenvalue weighted by Crippen LogP contribution is -2.47. The molecule has 2 aromatic rings. The van der Waals surface area contributed by atoms with Crippen LogP contribution in [0.4, 0.5) is 0 Å².